The van der Waals surface area contributed by atoms with Crippen LogP contribution >= 0.6 is 12.2 Å². The van der Waals surface area contributed by atoms with Crippen LogP contribution in [0.1, 0.15) is 49.7 Å². The molecule has 2 aliphatic heterocycles. The van der Waals surface area contributed by atoms with Crippen LogP contribution in [0.2, 0.25) is 0 Å². The van der Waals surface area contributed by atoms with Gasteiger partial charge >= 0.3 is 0 Å². The van der Waals surface area contributed by atoms with Crippen LogP contribution < -0.4 is 10.6 Å². The van der Waals surface area contributed by atoms with Gasteiger partial charge < -0.3 is 10.6 Å². The fraction of sp³-hybridized carbons (Fsp3) is 0.458. The van der Waals surface area contributed by atoms with Gasteiger partial charge in [-0.3, -0.25) is 0 Å². The smallest absolute Gasteiger partial charge is 0.0800 e. The zero-order valence-corrected chi connectivity index (χ0v) is 17.0. The Labute approximate surface area is 168 Å². The third kappa shape index (κ3) is 3.55. The van der Waals surface area contributed by atoms with E-state index in [0.717, 1.165) is 50.2 Å². The summed E-state index contributed by atoms with van der Waals surface area (Å²) < 4.78 is 0. The van der Waals surface area contributed by atoms with E-state index in [4.69, 9.17) is 12.2 Å². The van der Waals surface area contributed by atoms with Crippen molar-refractivity contribution in [1.82, 2.24) is 10.6 Å². The van der Waals surface area contributed by atoms with Gasteiger partial charge in [0, 0.05) is 17.4 Å². The zero-order chi connectivity index (χ0) is 18.9. The number of nitrogens with one attached hydrogen (secondary N) is 2. The Hall–Kier alpha value is -1.71. The highest BCUT2D eigenvalue weighted by Crippen LogP contribution is 2.51. The largest absolute Gasteiger partial charge is 0.349 e. The summed E-state index contributed by atoms with van der Waals surface area (Å²) in [7, 11) is 0. The van der Waals surface area contributed by atoms with Gasteiger partial charge in [0.1, 0.15) is 0 Å². The summed E-state index contributed by atoms with van der Waals surface area (Å²) in [5.74, 6) is 0.555. The van der Waals surface area contributed by atoms with Gasteiger partial charge in [-0.1, -0.05) is 49.1 Å². The fourth-order valence-electron chi connectivity index (χ4n) is 5.28. The van der Waals surface area contributed by atoms with E-state index in [1.807, 2.05) is 6.08 Å². The minimum atomic E-state index is 0.187. The molecule has 1 saturated heterocycles. The van der Waals surface area contributed by atoms with Crippen molar-refractivity contribution in [2.75, 3.05) is 13.1 Å². The number of thiocarbonyl (C=S) groups is 1. The monoisotopic (exact) mass is 378 g/mol. The molecule has 0 saturated carbocycles. The minimum Gasteiger partial charge on any atom is -0.349 e. The maximum absolute atomic E-state index is 5.81. The number of piperidine rings is 1. The first-order valence-electron chi connectivity index (χ1n) is 10.3. The standard InChI is InChI=1S/C24H30N2S/c1-3-6-18-10-9-17(2)22-23(26-21(27)15-18)20-8-5-4-7-19(20)16-24(22)11-13-25-14-12-24/h3-5,7-8,18,25H,1-2,6,9-16H2,(H,26,27). The van der Waals surface area contributed by atoms with Gasteiger partial charge in [-0.05, 0) is 74.2 Å². The van der Waals surface area contributed by atoms with Crippen LogP contribution in [0.25, 0.3) is 5.70 Å². The number of benzene rings is 1. The van der Waals surface area contributed by atoms with E-state index in [9.17, 15) is 0 Å². The summed E-state index contributed by atoms with van der Waals surface area (Å²) in [6.45, 7) is 10.7. The number of hydrogen-bond donors (Lipinski definition) is 2. The van der Waals surface area contributed by atoms with Crippen molar-refractivity contribution in [3.8, 4) is 0 Å². The Bertz CT molecular complexity index is 798. The van der Waals surface area contributed by atoms with Crippen molar-refractivity contribution in [3.05, 3.63) is 65.8 Å². The lowest BCUT2D eigenvalue weighted by Gasteiger charge is -2.45. The summed E-state index contributed by atoms with van der Waals surface area (Å²) in [6.07, 6.45) is 9.64. The van der Waals surface area contributed by atoms with E-state index in [1.54, 1.807) is 0 Å². The average molecular weight is 379 g/mol. The normalized spacial score (nSPS) is 25.0. The quantitative estimate of drug-likeness (QED) is 0.548. The van der Waals surface area contributed by atoms with Gasteiger partial charge in [-0.2, -0.15) is 0 Å². The molecule has 1 atom stereocenters. The Morgan fingerprint density at radius 2 is 2.00 bits per heavy atom. The third-order valence-electron chi connectivity index (χ3n) is 6.60. The van der Waals surface area contributed by atoms with Gasteiger partial charge in [-0.15, -0.1) is 6.58 Å². The first-order chi connectivity index (χ1) is 13.1. The number of allylic oxidation sites excluding steroid dienone is 3. The van der Waals surface area contributed by atoms with Gasteiger partial charge in [-0.25, -0.2) is 0 Å². The second kappa shape index (κ2) is 7.73. The maximum atomic E-state index is 5.81. The highest BCUT2D eigenvalue weighted by Gasteiger charge is 2.43. The molecule has 4 rings (SSSR count). The molecular weight excluding hydrogens is 348 g/mol. The molecule has 0 radical (unpaired) electrons. The summed E-state index contributed by atoms with van der Waals surface area (Å²) in [4.78, 5) is 0.963. The number of fused-ring (bicyclic) bond motifs is 3. The van der Waals surface area contributed by atoms with Gasteiger partial charge in [0.15, 0.2) is 0 Å². The Kier molecular flexibility index (Phi) is 5.34. The summed E-state index contributed by atoms with van der Waals surface area (Å²) in [5, 5.41) is 7.26. The first kappa shape index (κ1) is 18.6. The molecular formula is C24H30N2S. The molecule has 1 aromatic carbocycles. The molecule has 142 valence electrons. The van der Waals surface area contributed by atoms with Crippen LogP contribution in [0.15, 0.2) is 54.6 Å². The maximum Gasteiger partial charge on any atom is 0.0800 e. The Morgan fingerprint density at radius 1 is 1.22 bits per heavy atom. The molecule has 2 nitrogen and oxygen atoms in total. The average Bonchev–Trinajstić information content (AvgIpc) is 2.72. The van der Waals surface area contributed by atoms with E-state index in [0.29, 0.717) is 5.92 Å². The molecule has 0 bridgehead atoms. The fourth-order valence-corrected chi connectivity index (χ4v) is 5.62. The van der Waals surface area contributed by atoms with E-state index in [2.05, 4.69) is 48.1 Å². The van der Waals surface area contributed by atoms with Crippen LogP contribution in [0.5, 0.6) is 0 Å². The zero-order valence-electron chi connectivity index (χ0n) is 16.2. The lowest BCUT2D eigenvalue weighted by Crippen LogP contribution is -2.43. The molecule has 2 heterocycles. The topological polar surface area (TPSA) is 24.1 Å². The van der Waals surface area contributed by atoms with Crippen molar-refractivity contribution in [3.63, 3.8) is 0 Å². The van der Waals surface area contributed by atoms with Crippen LogP contribution in [0.4, 0.5) is 0 Å². The van der Waals surface area contributed by atoms with E-state index in [1.165, 1.54) is 40.8 Å². The lowest BCUT2D eigenvalue weighted by molar-refractivity contribution is 0.250. The van der Waals surface area contributed by atoms with Gasteiger partial charge in [0.25, 0.3) is 0 Å². The molecule has 3 heteroatoms. The predicted octanol–water partition coefficient (Wildman–Crippen LogP) is 5.17. The van der Waals surface area contributed by atoms with Crippen molar-refractivity contribution in [2.45, 2.75) is 44.9 Å². The molecule has 27 heavy (non-hydrogen) atoms. The van der Waals surface area contributed by atoms with E-state index < -0.39 is 0 Å². The minimum absolute atomic E-state index is 0.187. The number of rotatable bonds is 2. The Balaban J connectivity index is 1.83. The van der Waals surface area contributed by atoms with Gasteiger partial charge in [0.2, 0.25) is 0 Å². The summed E-state index contributed by atoms with van der Waals surface area (Å²) in [5.41, 5.74) is 6.97. The van der Waals surface area contributed by atoms with E-state index >= 15 is 0 Å². The molecule has 1 fully saturated rings. The van der Waals surface area contributed by atoms with Gasteiger partial charge in [0.05, 0.1) is 10.7 Å². The second-order valence-corrected chi connectivity index (χ2v) is 8.89. The van der Waals surface area contributed by atoms with Crippen LogP contribution in [0, 0.1) is 11.3 Å². The third-order valence-corrected chi connectivity index (χ3v) is 6.87. The SMILES string of the molecule is C=CCC1CCC(=C)C2=C(NC(=S)C1)c1ccccc1CC21CCNCC1. The van der Waals surface area contributed by atoms with Crippen molar-refractivity contribution in [2.24, 2.45) is 11.3 Å². The molecule has 1 spiro atoms. The second-order valence-electron chi connectivity index (χ2n) is 8.40. The van der Waals surface area contributed by atoms with Crippen molar-refractivity contribution < 1.29 is 0 Å². The predicted molar refractivity (Wildman–Crippen MR) is 119 cm³/mol. The molecule has 0 aromatic heterocycles. The van der Waals surface area contributed by atoms with Crippen molar-refractivity contribution >= 4 is 22.9 Å². The molecule has 2 N–H and O–H groups in total. The lowest BCUT2D eigenvalue weighted by atomic mass is 9.62. The molecule has 1 unspecified atom stereocenters. The van der Waals surface area contributed by atoms with E-state index in [-0.39, 0.29) is 5.41 Å². The molecule has 1 aromatic rings. The number of hydrogen-bond acceptors (Lipinski definition) is 2. The summed E-state index contributed by atoms with van der Waals surface area (Å²) >= 11 is 5.81. The first-order valence-corrected chi connectivity index (χ1v) is 10.7. The highest BCUT2D eigenvalue weighted by molar-refractivity contribution is 7.80. The van der Waals surface area contributed by atoms with Crippen molar-refractivity contribution in [1.29, 1.82) is 0 Å². The summed E-state index contributed by atoms with van der Waals surface area (Å²) in [6, 6.07) is 8.86. The molecule has 3 aliphatic rings. The van der Waals surface area contributed by atoms with Crippen LogP contribution in [-0.4, -0.2) is 18.1 Å². The van der Waals surface area contributed by atoms with Crippen LogP contribution in [0.3, 0.4) is 0 Å². The Morgan fingerprint density at radius 3 is 2.78 bits per heavy atom. The van der Waals surface area contributed by atoms with Crippen LogP contribution in [-0.2, 0) is 6.42 Å². The molecule has 1 aliphatic carbocycles. The molecule has 0 amide bonds. The highest BCUT2D eigenvalue weighted by atomic mass is 32.1.